The maximum atomic E-state index is 12.3. The lowest BCUT2D eigenvalue weighted by molar-refractivity contribution is -0.124. The number of carbonyl (C=O) groups excluding carboxylic acids is 1. The first-order valence-electron chi connectivity index (χ1n) is 7.89. The molecule has 0 unspecified atom stereocenters. The van der Waals surface area contributed by atoms with Crippen molar-refractivity contribution in [2.24, 2.45) is 0 Å². The lowest BCUT2D eigenvalue weighted by Gasteiger charge is -2.17. The third kappa shape index (κ3) is 3.33. The minimum Gasteiger partial charge on any atom is -0.463 e. The third-order valence-electron chi connectivity index (χ3n) is 4.01. The fourth-order valence-electron chi connectivity index (χ4n) is 2.62. The van der Waals surface area contributed by atoms with E-state index >= 15 is 0 Å². The summed E-state index contributed by atoms with van der Waals surface area (Å²) in [5.41, 5.74) is 5.67. The molecule has 0 spiro atoms. The Bertz CT molecular complexity index is 763. The summed E-state index contributed by atoms with van der Waals surface area (Å²) in [5, 5.41) is 7.01. The van der Waals surface area contributed by atoms with E-state index < -0.39 is 11.6 Å². The van der Waals surface area contributed by atoms with Crippen LogP contribution in [0, 0.1) is 0 Å². The van der Waals surface area contributed by atoms with Crippen molar-refractivity contribution in [2.75, 3.05) is 18.9 Å². The van der Waals surface area contributed by atoms with Gasteiger partial charge in [-0.2, -0.15) is 5.10 Å². The van der Waals surface area contributed by atoms with E-state index in [0.29, 0.717) is 18.0 Å². The first kappa shape index (κ1) is 16.3. The molecule has 24 heavy (non-hydrogen) atoms. The molecule has 3 rings (SSSR count). The van der Waals surface area contributed by atoms with E-state index in [1.807, 2.05) is 0 Å². The summed E-state index contributed by atoms with van der Waals surface area (Å²) in [4.78, 5) is 24.6. The molecule has 2 atom stereocenters. The summed E-state index contributed by atoms with van der Waals surface area (Å²) in [6.45, 7) is 2.74. The van der Waals surface area contributed by atoms with E-state index in [2.05, 4.69) is 10.4 Å². The van der Waals surface area contributed by atoms with Crippen LogP contribution in [0.25, 0.3) is 11.5 Å². The van der Waals surface area contributed by atoms with Crippen molar-refractivity contribution < 1.29 is 13.9 Å². The van der Waals surface area contributed by atoms with Crippen molar-refractivity contribution in [1.82, 2.24) is 15.1 Å². The Hall–Kier alpha value is -2.61. The highest BCUT2D eigenvalue weighted by Crippen LogP contribution is 2.18. The number of rotatable bonds is 5. The predicted octanol–water partition coefficient (Wildman–Crippen LogP) is 0.942. The first-order valence-corrected chi connectivity index (χ1v) is 7.89. The highest BCUT2D eigenvalue weighted by atomic mass is 16.5. The van der Waals surface area contributed by atoms with Gasteiger partial charge in [0.1, 0.15) is 17.4 Å². The molecule has 0 aliphatic carbocycles. The predicted molar refractivity (Wildman–Crippen MR) is 87.3 cm³/mol. The molecule has 2 aromatic rings. The van der Waals surface area contributed by atoms with Crippen LogP contribution in [0.2, 0.25) is 0 Å². The van der Waals surface area contributed by atoms with Gasteiger partial charge in [-0.05, 0) is 38.0 Å². The summed E-state index contributed by atoms with van der Waals surface area (Å²) < 4.78 is 11.8. The number of anilines is 1. The highest BCUT2D eigenvalue weighted by Gasteiger charge is 2.22. The third-order valence-corrected chi connectivity index (χ3v) is 4.01. The fraction of sp³-hybridized carbons (Fsp3) is 0.438. The Morgan fingerprint density at radius 2 is 2.42 bits per heavy atom. The van der Waals surface area contributed by atoms with E-state index in [4.69, 9.17) is 14.9 Å². The van der Waals surface area contributed by atoms with E-state index in [0.717, 1.165) is 24.1 Å². The van der Waals surface area contributed by atoms with Gasteiger partial charge in [0.15, 0.2) is 5.76 Å². The Morgan fingerprint density at radius 1 is 1.58 bits per heavy atom. The van der Waals surface area contributed by atoms with Crippen LogP contribution in [0.1, 0.15) is 25.8 Å². The molecule has 0 radical (unpaired) electrons. The van der Waals surface area contributed by atoms with E-state index in [1.165, 1.54) is 12.3 Å². The van der Waals surface area contributed by atoms with Crippen molar-refractivity contribution in [1.29, 1.82) is 0 Å². The average Bonchev–Trinajstić information content (AvgIpc) is 3.27. The zero-order valence-corrected chi connectivity index (χ0v) is 13.4. The largest absolute Gasteiger partial charge is 0.463 e. The maximum Gasteiger partial charge on any atom is 0.290 e. The van der Waals surface area contributed by atoms with Crippen molar-refractivity contribution >= 4 is 11.6 Å². The number of aromatic nitrogens is 2. The zero-order valence-electron chi connectivity index (χ0n) is 13.4. The van der Waals surface area contributed by atoms with Crippen LogP contribution in [0.3, 0.4) is 0 Å². The quantitative estimate of drug-likeness (QED) is 0.843. The van der Waals surface area contributed by atoms with Crippen LogP contribution in [0.4, 0.5) is 5.69 Å². The first-order chi connectivity index (χ1) is 11.6. The molecule has 1 aliphatic heterocycles. The number of nitrogen functional groups attached to an aromatic ring is 1. The Balaban J connectivity index is 1.79. The SMILES string of the molecule is C[C@@H](C(=O)NC[C@H]1CCCO1)n1nc(-c2ccco2)cc(N)c1=O. The Kier molecular flexibility index (Phi) is 4.66. The van der Waals surface area contributed by atoms with Gasteiger partial charge >= 0.3 is 0 Å². The molecule has 8 heteroatoms. The lowest BCUT2D eigenvalue weighted by Crippen LogP contribution is -2.40. The number of furan rings is 1. The number of amides is 1. The fourth-order valence-corrected chi connectivity index (χ4v) is 2.62. The molecule has 3 N–H and O–H groups in total. The summed E-state index contributed by atoms with van der Waals surface area (Å²) >= 11 is 0. The molecule has 1 aliphatic rings. The molecule has 2 aromatic heterocycles. The average molecular weight is 332 g/mol. The molecular formula is C16H20N4O4. The minimum atomic E-state index is -0.795. The monoisotopic (exact) mass is 332 g/mol. The smallest absolute Gasteiger partial charge is 0.290 e. The number of ether oxygens (including phenoxy) is 1. The summed E-state index contributed by atoms with van der Waals surface area (Å²) in [5.74, 6) is 0.165. The van der Waals surface area contributed by atoms with Crippen LogP contribution < -0.4 is 16.6 Å². The molecule has 1 fully saturated rings. The lowest BCUT2D eigenvalue weighted by atomic mass is 10.2. The molecule has 0 aromatic carbocycles. The second kappa shape index (κ2) is 6.88. The van der Waals surface area contributed by atoms with Gasteiger partial charge in [-0.25, -0.2) is 4.68 Å². The molecule has 128 valence electrons. The van der Waals surface area contributed by atoms with E-state index in [9.17, 15) is 9.59 Å². The van der Waals surface area contributed by atoms with E-state index in [1.54, 1.807) is 19.1 Å². The number of hydrogen-bond acceptors (Lipinski definition) is 6. The molecule has 1 amide bonds. The van der Waals surface area contributed by atoms with Crippen LogP contribution in [0.15, 0.2) is 33.7 Å². The van der Waals surface area contributed by atoms with Crippen molar-refractivity contribution in [3.05, 3.63) is 34.8 Å². The van der Waals surface area contributed by atoms with Gasteiger partial charge in [0.2, 0.25) is 5.91 Å². The van der Waals surface area contributed by atoms with Crippen LogP contribution >= 0.6 is 0 Å². The molecular weight excluding hydrogens is 312 g/mol. The molecule has 8 nitrogen and oxygen atoms in total. The number of carbonyl (C=O) groups is 1. The normalized spacial score (nSPS) is 18.5. The van der Waals surface area contributed by atoms with Crippen molar-refractivity contribution in [3.8, 4) is 11.5 Å². The number of nitrogens with one attached hydrogen (secondary N) is 1. The maximum absolute atomic E-state index is 12.3. The van der Waals surface area contributed by atoms with Gasteiger partial charge in [0, 0.05) is 13.2 Å². The summed E-state index contributed by atoms with van der Waals surface area (Å²) in [6, 6.07) is 4.06. The molecule has 0 bridgehead atoms. The summed E-state index contributed by atoms with van der Waals surface area (Å²) in [6.07, 6.45) is 3.46. The van der Waals surface area contributed by atoms with Gasteiger partial charge in [0.25, 0.3) is 5.56 Å². The molecule has 0 saturated carbocycles. The summed E-state index contributed by atoms with van der Waals surface area (Å²) in [7, 11) is 0. The standard InChI is InChI=1S/C16H20N4O4/c1-10(15(21)18-9-11-4-2-6-23-11)20-16(22)12(17)8-13(19-20)14-5-3-7-24-14/h3,5,7-8,10-11H,2,4,6,9,17H2,1H3,(H,18,21)/t10-,11+/m0/s1. The molecule has 1 saturated heterocycles. The Labute approximate surface area is 138 Å². The molecule has 3 heterocycles. The van der Waals surface area contributed by atoms with Crippen molar-refractivity contribution in [2.45, 2.75) is 31.9 Å². The van der Waals surface area contributed by atoms with Gasteiger partial charge < -0.3 is 20.2 Å². The minimum absolute atomic E-state index is 0.00942. The van der Waals surface area contributed by atoms with Gasteiger partial charge in [0.05, 0.1) is 12.4 Å². The van der Waals surface area contributed by atoms with Gasteiger partial charge in [-0.1, -0.05) is 0 Å². The second-order valence-electron chi connectivity index (χ2n) is 5.77. The highest BCUT2D eigenvalue weighted by molar-refractivity contribution is 5.79. The number of nitrogens with two attached hydrogens (primary N) is 1. The zero-order chi connectivity index (χ0) is 17.1. The van der Waals surface area contributed by atoms with Crippen LogP contribution in [0.5, 0.6) is 0 Å². The van der Waals surface area contributed by atoms with E-state index in [-0.39, 0.29) is 17.7 Å². The Morgan fingerprint density at radius 3 is 3.08 bits per heavy atom. The second-order valence-corrected chi connectivity index (χ2v) is 5.77. The van der Waals surface area contributed by atoms with Gasteiger partial charge in [-0.15, -0.1) is 0 Å². The van der Waals surface area contributed by atoms with Crippen molar-refractivity contribution in [3.63, 3.8) is 0 Å². The van der Waals surface area contributed by atoms with Crippen LogP contribution in [-0.4, -0.2) is 34.9 Å². The number of nitrogens with zero attached hydrogens (tertiary/aromatic N) is 2. The van der Waals surface area contributed by atoms with Crippen LogP contribution in [-0.2, 0) is 9.53 Å². The van der Waals surface area contributed by atoms with Gasteiger partial charge in [-0.3, -0.25) is 9.59 Å². The topological polar surface area (TPSA) is 112 Å². The number of hydrogen-bond donors (Lipinski definition) is 2.